The molecule has 3 rings (SSSR count). The molecule has 3 aromatic rings. The number of benzene rings is 2. The molecular formula is C13H9NO6S2. The van der Waals surface area contributed by atoms with Gasteiger partial charge in [0.1, 0.15) is 9.79 Å². The highest BCUT2D eigenvalue weighted by molar-refractivity contribution is 7.89. The van der Waals surface area contributed by atoms with Gasteiger partial charge in [-0.15, -0.1) is 0 Å². The van der Waals surface area contributed by atoms with Crippen LogP contribution in [0.2, 0.25) is 0 Å². The van der Waals surface area contributed by atoms with Crippen molar-refractivity contribution in [3.05, 3.63) is 42.5 Å². The summed E-state index contributed by atoms with van der Waals surface area (Å²) >= 11 is 0. The summed E-state index contributed by atoms with van der Waals surface area (Å²) in [7, 11) is -9.72. The smallest absolute Gasteiger partial charge is 0.282 e. The molecule has 114 valence electrons. The maximum atomic E-state index is 11.6. The van der Waals surface area contributed by atoms with Crippen LogP contribution in [0, 0.1) is 0 Å². The molecule has 0 bridgehead atoms. The van der Waals surface area contributed by atoms with Gasteiger partial charge in [0.05, 0.1) is 11.0 Å². The quantitative estimate of drug-likeness (QED) is 0.540. The van der Waals surface area contributed by atoms with Crippen LogP contribution in [0.15, 0.2) is 52.3 Å². The summed E-state index contributed by atoms with van der Waals surface area (Å²) in [5, 5.41) is 0.476. The minimum Gasteiger partial charge on any atom is -0.282 e. The Kier molecular flexibility index (Phi) is 3.18. The van der Waals surface area contributed by atoms with Gasteiger partial charge < -0.3 is 0 Å². The predicted molar refractivity (Wildman–Crippen MR) is 78.9 cm³/mol. The summed E-state index contributed by atoms with van der Waals surface area (Å²) in [6.45, 7) is 0. The molecule has 1 aromatic heterocycles. The van der Waals surface area contributed by atoms with Crippen molar-refractivity contribution in [1.82, 2.24) is 4.98 Å². The van der Waals surface area contributed by atoms with Crippen molar-refractivity contribution in [1.29, 1.82) is 0 Å². The largest absolute Gasteiger partial charge is 0.296 e. The monoisotopic (exact) mass is 339 g/mol. The molecule has 0 saturated heterocycles. The normalized spacial score (nSPS) is 12.8. The van der Waals surface area contributed by atoms with Gasteiger partial charge in [-0.3, -0.25) is 9.11 Å². The Labute approximate surface area is 125 Å². The van der Waals surface area contributed by atoms with E-state index >= 15 is 0 Å². The van der Waals surface area contributed by atoms with Crippen LogP contribution in [0.5, 0.6) is 0 Å². The molecule has 0 unspecified atom stereocenters. The highest BCUT2D eigenvalue weighted by Crippen LogP contribution is 2.31. The van der Waals surface area contributed by atoms with Gasteiger partial charge in [0.2, 0.25) is 0 Å². The number of pyridine rings is 1. The van der Waals surface area contributed by atoms with Gasteiger partial charge in [-0.25, -0.2) is 4.98 Å². The molecular weight excluding hydrogens is 330 g/mol. The zero-order chi connectivity index (χ0) is 16.1. The minimum absolute atomic E-state index is 0.0867. The molecule has 2 N–H and O–H groups in total. The number of nitrogens with zero attached hydrogens (tertiary/aromatic N) is 1. The topological polar surface area (TPSA) is 122 Å². The van der Waals surface area contributed by atoms with Crippen molar-refractivity contribution in [2.45, 2.75) is 9.79 Å². The molecule has 2 aromatic carbocycles. The van der Waals surface area contributed by atoms with E-state index in [2.05, 4.69) is 4.98 Å². The molecule has 0 aliphatic carbocycles. The molecule has 0 aliphatic heterocycles. The first-order chi connectivity index (χ1) is 10.2. The van der Waals surface area contributed by atoms with E-state index < -0.39 is 30.0 Å². The second-order valence-corrected chi connectivity index (χ2v) is 7.34. The van der Waals surface area contributed by atoms with Crippen LogP contribution >= 0.6 is 0 Å². The lowest BCUT2D eigenvalue weighted by Crippen LogP contribution is -2.09. The third kappa shape index (κ3) is 2.44. The minimum atomic E-state index is -4.89. The highest BCUT2D eigenvalue weighted by atomic mass is 32.2. The Morgan fingerprint density at radius 1 is 0.818 bits per heavy atom. The van der Waals surface area contributed by atoms with E-state index in [1.165, 1.54) is 12.1 Å². The number of rotatable bonds is 2. The number of hydrogen-bond acceptors (Lipinski definition) is 5. The first kappa shape index (κ1) is 14.9. The van der Waals surface area contributed by atoms with Crippen molar-refractivity contribution in [2.24, 2.45) is 0 Å². The predicted octanol–water partition coefficient (Wildman–Crippen LogP) is 1.88. The Bertz CT molecular complexity index is 1120. The lowest BCUT2D eigenvalue weighted by Gasteiger charge is -2.09. The first-order valence-corrected chi connectivity index (χ1v) is 8.83. The maximum absolute atomic E-state index is 11.6. The molecule has 1 heterocycles. The second kappa shape index (κ2) is 4.71. The summed E-state index contributed by atoms with van der Waals surface area (Å²) < 4.78 is 64.5. The van der Waals surface area contributed by atoms with Crippen LogP contribution in [0.3, 0.4) is 0 Å². The van der Waals surface area contributed by atoms with Crippen molar-refractivity contribution in [2.75, 3.05) is 0 Å². The van der Waals surface area contributed by atoms with Gasteiger partial charge in [0.15, 0.2) is 0 Å². The van der Waals surface area contributed by atoms with Crippen LogP contribution in [0.4, 0.5) is 0 Å². The molecule has 0 spiro atoms. The summed E-state index contributed by atoms with van der Waals surface area (Å²) in [6.07, 6.45) is 0. The Hall–Kier alpha value is -2.07. The first-order valence-electron chi connectivity index (χ1n) is 5.95. The third-order valence-electron chi connectivity index (χ3n) is 3.15. The van der Waals surface area contributed by atoms with E-state index in [1.54, 1.807) is 24.3 Å². The average Bonchev–Trinajstić information content (AvgIpc) is 2.41. The second-order valence-electron chi connectivity index (χ2n) is 4.59. The van der Waals surface area contributed by atoms with Gasteiger partial charge in [-0.1, -0.05) is 18.2 Å². The van der Waals surface area contributed by atoms with E-state index in [9.17, 15) is 25.9 Å². The van der Waals surface area contributed by atoms with Crippen LogP contribution in [0.1, 0.15) is 0 Å². The molecule has 9 heteroatoms. The molecule has 0 radical (unpaired) electrons. The zero-order valence-electron chi connectivity index (χ0n) is 10.8. The summed E-state index contributed by atoms with van der Waals surface area (Å²) in [5.41, 5.74) is 0.759. The van der Waals surface area contributed by atoms with Gasteiger partial charge in [0, 0.05) is 10.8 Å². The van der Waals surface area contributed by atoms with Crippen molar-refractivity contribution in [3.8, 4) is 0 Å². The van der Waals surface area contributed by atoms with E-state index in [4.69, 9.17) is 0 Å². The van der Waals surface area contributed by atoms with Gasteiger partial charge in [-0.2, -0.15) is 16.8 Å². The Balaban J connectivity index is 2.60. The van der Waals surface area contributed by atoms with Crippen LogP contribution in [0.25, 0.3) is 21.8 Å². The van der Waals surface area contributed by atoms with E-state index in [0.29, 0.717) is 10.9 Å². The summed E-state index contributed by atoms with van der Waals surface area (Å²) in [5.74, 6) is 0. The highest BCUT2D eigenvalue weighted by Gasteiger charge is 2.27. The van der Waals surface area contributed by atoms with E-state index in [-0.39, 0.29) is 10.9 Å². The van der Waals surface area contributed by atoms with Gasteiger partial charge >= 0.3 is 0 Å². The van der Waals surface area contributed by atoms with Crippen molar-refractivity contribution >= 4 is 42.0 Å². The lowest BCUT2D eigenvalue weighted by molar-refractivity contribution is 0.467. The number of fused-ring (bicyclic) bond motifs is 2. The molecule has 7 nitrogen and oxygen atoms in total. The summed E-state index contributed by atoms with van der Waals surface area (Å²) in [6, 6.07) is 10.4. The Morgan fingerprint density at radius 2 is 1.50 bits per heavy atom. The fourth-order valence-corrected chi connectivity index (χ4v) is 4.25. The van der Waals surface area contributed by atoms with E-state index in [0.717, 1.165) is 6.07 Å². The van der Waals surface area contributed by atoms with Crippen LogP contribution in [-0.4, -0.2) is 30.9 Å². The average molecular weight is 339 g/mol. The molecule has 0 saturated carbocycles. The maximum Gasteiger partial charge on any atom is 0.296 e. The van der Waals surface area contributed by atoms with Gasteiger partial charge in [0.25, 0.3) is 20.2 Å². The molecule has 22 heavy (non-hydrogen) atoms. The molecule has 0 fully saturated rings. The number of hydrogen-bond donors (Lipinski definition) is 2. The molecule has 0 atom stereocenters. The van der Waals surface area contributed by atoms with Crippen molar-refractivity contribution < 1.29 is 25.9 Å². The molecule has 0 aliphatic rings. The Morgan fingerprint density at radius 3 is 2.14 bits per heavy atom. The fraction of sp³-hybridized carbons (Fsp3) is 0. The van der Waals surface area contributed by atoms with E-state index in [1.807, 2.05) is 0 Å². The standard InChI is InChI=1S/C13H9NO6S2/c15-21(16,17)12-6-5-11-9(13(12)22(18,19)20)7-8-3-1-2-4-10(8)14-11/h1-7H,(H,15,16,17)(H,18,19,20). The number of para-hydroxylation sites is 1. The fourth-order valence-electron chi connectivity index (χ4n) is 2.27. The third-order valence-corrected chi connectivity index (χ3v) is 5.13. The van der Waals surface area contributed by atoms with Crippen LogP contribution < -0.4 is 0 Å². The van der Waals surface area contributed by atoms with Crippen LogP contribution in [-0.2, 0) is 20.2 Å². The van der Waals surface area contributed by atoms with Crippen molar-refractivity contribution in [3.63, 3.8) is 0 Å². The zero-order valence-corrected chi connectivity index (χ0v) is 12.5. The molecule has 0 amide bonds. The van der Waals surface area contributed by atoms with Gasteiger partial charge in [-0.05, 0) is 24.3 Å². The lowest BCUT2D eigenvalue weighted by atomic mass is 10.1. The number of aromatic nitrogens is 1. The summed E-state index contributed by atoms with van der Waals surface area (Å²) in [4.78, 5) is 2.45. The SMILES string of the molecule is O=S(=O)(O)c1ccc2nc3ccccc3cc2c1S(=O)(=O)O.